The molecule has 0 rings (SSSR count). The summed E-state index contributed by atoms with van der Waals surface area (Å²) >= 11 is 0. The van der Waals surface area contributed by atoms with Crippen LogP contribution in [0.25, 0.3) is 0 Å². The van der Waals surface area contributed by atoms with Gasteiger partial charge in [0.1, 0.15) is 12.6 Å². The molecule has 0 aromatic carbocycles. The highest BCUT2D eigenvalue weighted by molar-refractivity contribution is 5.70. The van der Waals surface area contributed by atoms with E-state index in [9.17, 15) is 19.5 Å². The predicted octanol–water partition coefficient (Wildman–Crippen LogP) is 11.1. The summed E-state index contributed by atoms with van der Waals surface area (Å²) in [6, 6.07) is -0.724. The lowest BCUT2D eigenvalue weighted by molar-refractivity contribution is -0.889. The molecule has 8 heteroatoms. The van der Waals surface area contributed by atoms with Crippen molar-refractivity contribution < 1.29 is 38.2 Å². The first-order valence-electron chi connectivity index (χ1n) is 22.9. The summed E-state index contributed by atoms with van der Waals surface area (Å²) in [7, 11) is 5.41. The highest BCUT2D eigenvalue weighted by Crippen LogP contribution is 2.14. The summed E-state index contributed by atoms with van der Waals surface area (Å²) in [5.74, 6) is -1.74. The molecular weight excluding hydrogens is 691 g/mol. The highest BCUT2D eigenvalue weighted by Gasteiger charge is 2.25. The number of quaternary nitrogens is 1. The van der Waals surface area contributed by atoms with Gasteiger partial charge < -0.3 is 28.6 Å². The Morgan fingerprint density at radius 2 is 0.909 bits per heavy atom. The van der Waals surface area contributed by atoms with Crippen molar-refractivity contribution in [3.63, 3.8) is 0 Å². The summed E-state index contributed by atoms with van der Waals surface area (Å²) in [5, 5.41) is 11.6. The van der Waals surface area contributed by atoms with Gasteiger partial charge in [0, 0.05) is 19.3 Å². The predicted molar refractivity (Wildman–Crippen MR) is 227 cm³/mol. The molecule has 0 aliphatic heterocycles. The molecule has 0 saturated heterocycles. The fourth-order valence-electron chi connectivity index (χ4n) is 6.71. The third-order valence-electron chi connectivity index (χ3n) is 10.3. The Balaban J connectivity index is 4.29. The largest absolute Gasteiger partial charge is 0.544 e. The lowest BCUT2D eigenvalue weighted by Crippen LogP contribution is -2.55. The third-order valence-corrected chi connectivity index (χ3v) is 10.3. The number of allylic oxidation sites excluding steroid dienone is 4. The number of carboxylic acids is 1. The topological polar surface area (TPSA) is 102 Å². The number of aliphatic carboxylic acids is 1. The molecule has 2 atom stereocenters. The van der Waals surface area contributed by atoms with E-state index in [2.05, 4.69) is 38.2 Å². The summed E-state index contributed by atoms with van der Waals surface area (Å²) < 4.78 is 17.2. The Labute approximate surface area is 339 Å². The van der Waals surface area contributed by atoms with Gasteiger partial charge in [0.25, 0.3) is 0 Å². The Bertz CT molecular complexity index is 957. The van der Waals surface area contributed by atoms with Crippen molar-refractivity contribution in [3.8, 4) is 0 Å². The maximum absolute atomic E-state index is 12.7. The number of carbonyl (C=O) groups excluding carboxylic acids is 3. The number of hydrogen-bond acceptors (Lipinski definition) is 7. The van der Waals surface area contributed by atoms with Crippen LogP contribution < -0.4 is 5.11 Å². The van der Waals surface area contributed by atoms with Gasteiger partial charge in [-0.2, -0.15) is 0 Å². The Morgan fingerprint density at radius 3 is 1.35 bits per heavy atom. The number of ether oxygens (including phenoxy) is 3. The van der Waals surface area contributed by atoms with Crippen LogP contribution >= 0.6 is 0 Å². The van der Waals surface area contributed by atoms with Gasteiger partial charge in [-0.1, -0.05) is 147 Å². The molecule has 55 heavy (non-hydrogen) atoms. The zero-order chi connectivity index (χ0) is 40.7. The lowest BCUT2D eigenvalue weighted by atomic mass is 10.1. The van der Waals surface area contributed by atoms with Crippen LogP contribution in [0.1, 0.15) is 206 Å². The van der Waals surface area contributed by atoms with E-state index in [1.165, 1.54) is 122 Å². The number of likely N-dealkylation sites (N-methyl/N-ethyl adjacent to an activating group) is 1. The van der Waals surface area contributed by atoms with E-state index in [0.29, 0.717) is 12.8 Å². The minimum atomic E-state index is -1.13. The Kier molecular flexibility index (Phi) is 37.1. The molecule has 322 valence electrons. The second-order valence-corrected chi connectivity index (χ2v) is 16.6. The molecule has 0 fully saturated rings. The number of nitrogens with zero attached hydrogens (tertiary/aromatic N) is 1. The van der Waals surface area contributed by atoms with E-state index in [4.69, 9.17) is 14.2 Å². The van der Waals surface area contributed by atoms with Gasteiger partial charge in [0.15, 0.2) is 6.10 Å². The van der Waals surface area contributed by atoms with E-state index < -0.39 is 18.1 Å². The van der Waals surface area contributed by atoms with Gasteiger partial charge in [-0.25, -0.2) is 0 Å². The van der Waals surface area contributed by atoms with Gasteiger partial charge in [-0.3, -0.25) is 9.59 Å². The average Bonchev–Trinajstić information content (AvgIpc) is 3.14. The van der Waals surface area contributed by atoms with Crippen LogP contribution in [-0.4, -0.2) is 75.5 Å². The van der Waals surface area contributed by atoms with Gasteiger partial charge in [-0.15, -0.1) is 0 Å². The molecule has 8 nitrogen and oxygen atoms in total. The van der Waals surface area contributed by atoms with Crippen LogP contribution in [0.4, 0.5) is 0 Å². The van der Waals surface area contributed by atoms with Crippen molar-refractivity contribution >= 4 is 17.9 Å². The van der Waals surface area contributed by atoms with Crippen LogP contribution in [-0.2, 0) is 28.6 Å². The van der Waals surface area contributed by atoms with E-state index in [1.807, 2.05) is 0 Å². The molecule has 0 spiro atoms. The Hall–Kier alpha value is -2.19. The van der Waals surface area contributed by atoms with E-state index in [0.717, 1.165) is 51.4 Å². The van der Waals surface area contributed by atoms with E-state index >= 15 is 0 Å². The van der Waals surface area contributed by atoms with Gasteiger partial charge in [-0.05, 0) is 64.2 Å². The van der Waals surface area contributed by atoms with Crippen LogP contribution in [0.2, 0.25) is 0 Å². The first-order valence-corrected chi connectivity index (χ1v) is 22.9. The zero-order valence-electron chi connectivity index (χ0n) is 36.6. The quantitative estimate of drug-likeness (QED) is 0.0264. The van der Waals surface area contributed by atoms with Crippen molar-refractivity contribution in [2.75, 3.05) is 41.0 Å². The molecule has 0 radical (unpaired) electrons. The monoisotopic (exact) mass is 778 g/mol. The maximum Gasteiger partial charge on any atom is 0.306 e. The number of unbranched alkanes of at least 4 members (excludes halogenated alkanes) is 23. The van der Waals surface area contributed by atoms with Crippen molar-refractivity contribution in [1.82, 2.24) is 0 Å². The number of esters is 2. The second kappa shape index (κ2) is 38.7. The van der Waals surface area contributed by atoms with Crippen molar-refractivity contribution in [3.05, 3.63) is 24.3 Å². The molecule has 0 saturated carbocycles. The number of rotatable bonds is 41. The molecule has 0 aliphatic rings. The smallest absolute Gasteiger partial charge is 0.306 e. The SMILES string of the molecule is CCCCC/C=C\CCCCCCCC(=O)OCC(COCCC(C(=O)[O-])[N+](C)(C)C)OC(=O)CCCCCCCCCCC/C=C\CCCCCCCC. The molecule has 2 unspecified atom stereocenters. The lowest BCUT2D eigenvalue weighted by Gasteiger charge is -2.34. The second-order valence-electron chi connectivity index (χ2n) is 16.6. The number of carboxylic acid groups (broad SMARTS) is 1. The van der Waals surface area contributed by atoms with Gasteiger partial charge >= 0.3 is 11.9 Å². The number of hydrogen-bond donors (Lipinski definition) is 0. The molecule has 0 N–H and O–H groups in total. The van der Waals surface area contributed by atoms with E-state index in [1.54, 1.807) is 21.1 Å². The van der Waals surface area contributed by atoms with Crippen LogP contribution in [0.15, 0.2) is 24.3 Å². The molecule has 0 aromatic heterocycles. The minimum Gasteiger partial charge on any atom is -0.544 e. The van der Waals surface area contributed by atoms with Crippen molar-refractivity contribution in [2.45, 2.75) is 219 Å². The average molecular weight is 778 g/mol. The standard InChI is InChI=1S/C47H87NO7/c1-6-8-10-12-14-16-18-20-21-22-23-24-25-26-28-30-32-34-36-38-46(50)55-43(41-53-40-39-44(47(51)52)48(3,4)5)42-54-45(49)37-35-33-31-29-27-19-17-15-13-11-9-7-2/h15,17,20-21,43-44H,6-14,16,18-19,22-42H2,1-5H3/b17-15-,21-20-. The van der Waals surface area contributed by atoms with E-state index in [-0.39, 0.29) is 42.7 Å². The van der Waals surface area contributed by atoms with Gasteiger partial charge in [0.2, 0.25) is 0 Å². The van der Waals surface area contributed by atoms with Crippen molar-refractivity contribution in [2.24, 2.45) is 0 Å². The molecule has 0 aromatic rings. The molecule has 0 bridgehead atoms. The molecular formula is C47H87NO7. The zero-order valence-corrected chi connectivity index (χ0v) is 36.6. The molecule has 0 heterocycles. The van der Waals surface area contributed by atoms with Crippen LogP contribution in [0.5, 0.6) is 0 Å². The molecule has 0 aliphatic carbocycles. The normalized spacial score (nSPS) is 13.1. The first kappa shape index (κ1) is 52.8. The fourth-order valence-corrected chi connectivity index (χ4v) is 6.71. The van der Waals surface area contributed by atoms with Crippen LogP contribution in [0.3, 0.4) is 0 Å². The first-order chi connectivity index (χ1) is 26.6. The summed E-state index contributed by atoms with van der Waals surface area (Å²) in [5.41, 5.74) is 0. The molecule has 0 amide bonds. The Morgan fingerprint density at radius 1 is 0.527 bits per heavy atom. The fraction of sp³-hybridized carbons (Fsp3) is 0.851. The highest BCUT2D eigenvalue weighted by atomic mass is 16.6. The summed E-state index contributed by atoms with van der Waals surface area (Å²) in [6.07, 6.45) is 42.0. The van der Waals surface area contributed by atoms with Gasteiger partial charge in [0.05, 0.1) is 40.3 Å². The van der Waals surface area contributed by atoms with Crippen LogP contribution in [0, 0.1) is 0 Å². The van der Waals surface area contributed by atoms with Crippen molar-refractivity contribution in [1.29, 1.82) is 0 Å². The number of carbonyl (C=O) groups is 3. The minimum absolute atomic E-state index is 0.0401. The summed E-state index contributed by atoms with van der Waals surface area (Å²) in [6.45, 7) is 4.64. The maximum atomic E-state index is 12.7. The third kappa shape index (κ3) is 37.2. The summed E-state index contributed by atoms with van der Waals surface area (Å²) in [4.78, 5) is 36.8.